The molecule has 1 aliphatic heterocycles. The number of hydrogen-bond donors (Lipinski definition) is 1. The quantitative estimate of drug-likeness (QED) is 0.712. The summed E-state index contributed by atoms with van der Waals surface area (Å²) < 4.78 is 5.48. The standard InChI is InChI=1S/C11H12O2/c12-10-6-4-9(5-7-10)11-3-1-2-8-13-11/h3-7,12H,1-2,8H2. The van der Waals surface area contributed by atoms with Gasteiger partial charge in [0.05, 0.1) is 6.61 Å². The molecule has 1 N–H and O–H groups in total. The molecule has 1 aromatic carbocycles. The van der Waals surface area contributed by atoms with Crippen LogP contribution in [0.15, 0.2) is 30.3 Å². The molecule has 2 nitrogen and oxygen atoms in total. The maximum absolute atomic E-state index is 9.09. The zero-order valence-corrected chi connectivity index (χ0v) is 7.36. The Balaban J connectivity index is 2.24. The van der Waals surface area contributed by atoms with E-state index in [2.05, 4.69) is 6.08 Å². The van der Waals surface area contributed by atoms with Crippen LogP contribution in [0.25, 0.3) is 5.76 Å². The molecule has 0 amide bonds. The van der Waals surface area contributed by atoms with Gasteiger partial charge in [-0.25, -0.2) is 0 Å². The van der Waals surface area contributed by atoms with Crippen LogP contribution in [0.4, 0.5) is 0 Å². The summed E-state index contributed by atoms with van der Waals surface area (Å²) in [6.45, 7) is 0.798. The highest BCUT2D eigenvalue weighted by Crippen LogP contribution is 2.22. The fraction of sp³-hybridized carbons (Fsp3) is 0.273. The topological polar surface area (TPSA) is 29.5 Å². The summed E-state index contributed by atoms with van der Waals surface area (Å²) in [5.74, 6) is 1.23. The van der Waals surface area contributed by atoms with E-state index in [-0.39, 0.29) is 0 Å². The van der Waals surface area contributed by atoms with Gasteiger partial charge in [-0.05, 0) is 43.2 Å². The summed E-state index contributed by atoms with van der Waals surface area (Å²) in [5.41, 5.74) is 1.04. The maximum atomic E-state index is 9.09. The van der Waals surface area contributed by atoms with Crippen molar-refractivity contribution in [3.05, 3.63) is 35.9 Å². The first-order chi connectivity index (χ1) is 6.36. The van der Waals surface area contributed by atoms with Crippen molar-refractivity contribution >= 4 is 5.76 Å². The monoisotopic (exact) mass is 176 g/mol. The molecule has 68 valence electrons. The molecule has 0 unspecified atom stereocenters. The minimum Gasteiger partial charge on any atom is -0.508 e. The van der Waals surface area contributed by atoms with Crippen molar-refractivity contribution in [3.63, 3.8) is 0 Å². The van der Waals surface area contributed by atoms with Crippen molar-refractivity contribution in [2.75, 3.05) is 6.61 Å². The second-order valence-corrected chi connectivity index (χ2v) is 3.11. The first-order valence-electron chi connectivity index (χ1n) is 4.48. The van der Waals surface area contributed by atoms with E-state index in [1.807, 2.05) is 12.1 Å². The van der Waals surface area contributed by atoms with E-state index in [4.69, 9.17) is 9.84 Å². The smallest absolute Gasteiger partial charge is 0.122 e. The summed E-state index contributed by atoms with van der Waals surface area (Å²) in [7, 11) is 0. The highest BCUT2D eigenvalue weighted by atomic mass is 16.5. The van der Waals surface area contributed by atoms with Gasteiger partial charge in [0.1, 0.15) is 11.5 Å². The van der Waals surface area contributed by atoms with E-state index >= 15 is 0 Å². The largest absolute Gasteiger partial charge is 0.508 e. The lowest BCUT2D eigenvalue weighted by molar-refractivity contribution is 0.259. The lowest BCUT2D eigenvalue weighted by Crippen LogP contribution is -1.99. The molecular weight excluding hydrogens is 164 g/mol. The second-order valence-electron chi connectivity index (χ2n) is 3.11. The Hall–Kier alpha value is -1.44. The minimum absolute atomic E-state index is 0.292. The number of hydrogen-bond acceptors (Lipinski definition) is 2. The Kier molecular flexibility index (Phi) is 2.21. The predicted molar refractivity (Wildman–Crippen MR) is 51.3 cm³/mol. The summed E-state index contributed by atoms with van der Waals surface area (Å²) >= 11 is 0. The van der Waals surface area contributed by atoms with Gasteiger partial charge in [0, 0.05) is 5.56 Å². The molecule has 0 aliphatic carbocycles. The predicted octanol–water partition coefficient (Wildman–Crippen LogP) is 2.54. The summed E-state index contributed by atoms with van der Waals surface area (Å²) in [5, 5.41) is 9.09. The number of aromatic hydroxyl groups is 1. The molecular formula is C11H12O2. The van der Waals surface area contributed by atoms with Crippen LogP contribution < -0.4 is 0 Å². The number of phenolic OH excluding ortho intramolecular Hbond substituents is 1. The normalized spacial score (nSPS) is 16.2. The Morgan fingerprint density at radius 3 is 2.54 bits per heavy atom. The number of allylic oxidation sites excluding steroid dienone is 1. The van der Waals surface area contributed by atoms with Crippen LogP contribution in [0.5, 0.6) is 5.75 Å². The van der Waals surface area contributed by atoms with Gasteiger partial charge in [-0.2, -0.15) is 0 Å². The molecule has 13 heavy (non-hydrogen) atoms. The zero-order chi connectivity index (χ0) is 9.10. The summed E-state index contributed by atoms with van der Waals surface area (Å²) in [6.07, 6.45) is 4.27. The third-order valence-corrected chi connectivity index (χ3v) is 2.09. The fourth-order valence-electron chi connectivity index (χ4n) is 1.38. The second kappa shape index (κ2) is 3.52. The van der Waals surface area contributed by atoms with Gasteiger partial charge in [-0.1, -0.05) is 0 Å². The summed E-state index contributed by atoms with van der Waals surface area (Å²) in [6, 6.07) is 7.08. The summed E-state index contributed by atoms with van der Waals surface area (Å²) in [4.78, 5) is 0. The van der Waals surface area contributed by atoms with Crippen molar-refractivity contribution in [2.24, 2.45) is 0 Å². The third kappa shape index (κ3) is 1.83. The number of benzene rings is 1. The molecule has 2 heteroatoms. The van der Waals surface area contributed by atoms with Crippen molar-refractivity contribution in [1.29, 1.82) is 0 Å². The molecule has 0 fully saturated rings. The van der Waals surface area contributed by atoms with Crippen molar-refractivity contribution < 1.29 is 9.84 Å². The van der Waals surface area contributed by atoms with Gasteiger partial charge in [-0.15, -0.1) is 0 Å². The SMILES string of the molecule is Oc1ccc(C2=CCCCO2)cc1. The van der Waals surface area contributed by atoms with Gasteiger partial charge in [-0.3, -0.25) is 0 Å². The average molecular weight is 176 g/mol. The van der Waals surface area contributed by atoms with Gasteiger partial charge >= 0.3 is 0 Å². The lowest BCUT2D eigenvalue weighted by Gasteiger charge is -2.14. The van der Waals surface area contributed by atoms with Crippen LogP contribution in [0.3, 0.4) is 0 Å². The molecule has 0 aromatic heterocycles. The molecule has 0 bridgehead atoms. The first-order valence-corrected chi connectivity index (χ1v) is 4.48. The van der Waals surface area contributed by atoms with Crippen LogP contribution >= 0.6 is 0 Å². The van der Waals surface area contributed by atoms with Crippen LogP contribution in [-0.4, -0.2) is 11.7 Å². The molecule has 1 aromatic rings. The highest BCUT2D eigenvalue weighted by molar-refractivity contribution is 5.60. The minimum atomic E-state index is 0.292. The molecule has 0 atom stereocenters. The highest BCUT2D eigenvalue weighted by Gasteiger charge is 2.06. The fourth-order valence-corrected chi connectivity index (χ4v) is 1.38. The lowest BCUT2D eigenvalue weighted by atomic mass is 10.1. The van der Waals surface area contributed by atoms with Crippen molar-refractivity contribution in [3.8, 4) is 5.75 Å². The van der Waals surface area contributed by atoms with Crippen LogP contribution in [0.1, 0.15) is 18.4 Å². The third-order valence-electron chi connectivity index (χ3n) is 2.09. The molecule has 0 spiro atoms. The van der Waals surface area contributed by atoms with E-state index in [1.165, 1.54) is 0 Å². The molecule has 1 heterocycles. The first kappa shape index (κ1) is 8.17. The van der Waals surface area contributed by atoms with E-state index in [1.54, 1.807) is 12.1 Å². The van der Waals surface area contributed by atoms with E-state index < -0.39 is 0 Å². The Morgan fingerprint density at radius 2 is 1.92 bits per heavy atom. The Morgan fingerprint density at radius 1 is 1.15 bits per heavy atom. The van der Waals surface area contributed by atoms with Crippen molar-refractivity contribution in [1.82, 2.24) is 0 Å². The molecule has 2 rings (SSSR count). The van der Waals surface area contributed by atoms with Crippen molar-refractivity contribution in [2.45, 2.75) is 12.8 Å². The average Bonchev–Trinajstić information content (AvgIpc) is 2.20. The molecule has 1 aliphatic rings. The molecule has 0 saturated carbocycles. The van der Waals surface area contributed by atoms with Gasteiger partial charge in [0.2, 0.25) is 0 Å². The Labute approximate surface area is 77.5 Å². The van der Waals surface area contributed by atoms with Crippen LogP contribution in [-0.2, 0) is 4.74 Å². The number of rotatable bonds is 1. The zero-order valence-electron chi connectivity index (χ0n) is 7.36. The van der Waals surface area contributed by atoms with E-state index in [9.17, 15) is 0 Å². The molecule has 0 saturated heterocycles. The van der Waals surface area contributed by atoms with Gasteiger partial charge < -0.3 is 9.84 Å². The van der Waals surface area contributed by atoms with Gasteiger partial charge in [0.15, 0.2) is 0 Å². The molecule has 0 radical (unpaired) electrons. The van der Waals surface area contributed by atoms with E-state index in [0.29, 0.717) is 5.75 Å². The number of ether oxygens (including phenoxy) is 1. The van der Waals surface area contributed by atoms with Crippen LogP contribution in [0.2, 0.25) is 0 Å². The van der Waals surface area contributed by atoms with Gasteiger partial charge in [0.25, 0.3) is 0 Å². The van der Waals surface area contributed by atoms with Crippen LogP contribution in [0, 0.1) is 0 Å². The maximum Gasteiger partial charge on any atom is 0.122 e. The van der Waals surface area contributed by atoms with E-state index in [0.717, 1.165) is 30.8 Å². The Bertz CT molecular complexity index is 311. The number of phenols is 1.